The maximum Gasteiger partial charge on any atom is 0.233 e. The first-order valence-electron chi connectivity index (χ1n) is 8.48. The van der Waals surface area contributed by atoms with Crippen LogP contribution in [-0.2, 0) is 11.3 Å². The van der Waals surface area contributed by atoms with Crippen LogP contribution in [0.1, 0.15) is 44.8 Å². The minimum atomic E-state index is 0.168. The summed E-state index contributed by atoms with van der Waals surface area (Å²) in [4.78, 5) is 14.6. The largest absolute Gasteiger partial charge is 0.467 e. The molecule has 1 saturated carbocycles. The van der Waals surface area contributed by atoms with E-state index in [0.29, 0.717) is 23.5 Å². The van der Waals surface area contributed by atoms with E-state index in [1.165, 1.54) is 31.0 Å². The first-order valence-corrected chi connectivity index (χ1v) is 9.47. The topological polar surface area (TPSA) is 77.1 Å². The zero-order chi connectivity index (χ0) is 16.8. The van der Waals surface area contributed by atoms with Crippen molar-refractivity contribution >= 4 is 17.7 Å². The van der Waals surface area contributed by atoms with Crippen molar-refractivity contribution in [2.45, 2.75) is 56.8 Å². The number of rotatable bonds is 7. The number of carbonyl (C=O) groups is 1. The second-order valence-electron chi connectivity index (χ2n) is 5.96. The molecule has 3 rings (SSSR count). The fourth-order valence-corrected chi connectivity index (χ4v) is 3.95. The second kappa shape index (κ2) is 8.32. The first-order chi connectivity index (χ1) is 11.8. The molecule has 0 aromatic carbocycles. The zero-order valence-electron chi connectivity index (χ0n) is 13.9. The normalized spacial score (nSPS) is 15.5. The van der Waals surface area contributed by atoms with Crippen LogP contribution >= 0.6 is 11.8 Å². The molecule has 1 amide bonds. The van der Waals surface area contributed by atoms with Gasteiger partial charge in [-0.25, -0.2) is 4.68 Å². The van der Waals surface area contributed by atoms with Gasteiger partial charge in [-0.1, -0.05) is 31.0 Å². The summed E-state index contributed by atoms with van der Waals surface area (Å²) in [5.41, 5.74) is 0. The molecule has 0 bridgehead atoms. The molecule has 2 aromatic heterocycles. The van der Waals surface area contributed by atoms with Crippen LogP contribution in [0.3, 0.4) is 0 Å². The Hall–Kier alpha value is -1.83. The average molecular weight is 349 g/mol. The van der Waals surface area contributed by atoms with Crippen LogP contribution in [0.2, 0.25) is 0 Å². The highest BCUT2D eigenvalue weighted by Crippen LogP contribution is 2.24. The van der Waals surface area contributed by atoms with Crippen molar-refractivity contribution in [1.82, 2.24) is 25.1 Å². The molecule has 1 aliphatic carbocycles. The molecule has 0 saturated heterocycles. The van der Waals surface area contributed by atoms with Crippen molar-refractivity contribution in [2.24, 2.45) is 0 Å². The van der Waals surface area contributed by atoms with E-state index in [4.69, 9.17) is 4.42 Å². The van der Waals surface area contributed by atoms with Crippen LogP contribution in [0.15, 0.2) is 28.0 Å². The van der Waals surface area contributed by atoms with Gasteiger partial charge in [-0.3, -0.25) is 4.79 Å². The molecular weight excluding hydrogens is 326 g/mol. The van der Waals surface area contributed by atoms with E-state index in [-0.39, 0.29) is 5.91 Å². The summed E-state index contributed by atoms with van der Waals surface area (Å²) in [6, 6.07) is 4.11. The van der Waals surface area contributed by atoms with Crippen LogP contribution in [0.4, 0.5) is 0 Å². The van der Waals surface area contributed by atoms with Gasteiger partial charge >= 0.3 is 0 Å². The van der Waals surface area contributed by atoms with E-state index in [9.17, 15) is 4.79 Å². The van der Waals surface area contributed by atoms with Gasteiger partial charge in [0.15, 0.2) is 0 Å². The Morgan fingerprint density at radius 3 is 2.96 bits per heavy atom. The SMILES string of the molecule is CCN(C(=O)CSc1nnnn1Cc1ccco1)C1CCCCC1. The Balaban J connectivity index is 1.56. The minimum Gasteiger partial charge on any atom is -0.467 e. The number of nitrogens with zero attached hydrogens (tertiary/aromatic N) is 5. The first kappa shape index (κ1) is 17.0. The number of carbonyl (C=O) groups excluding carboxylic acids is 1. The summed E-state index contributed by atoms with van der Waals surface area (Å²) in [6.45, 7) is 3.29. The quantitative estimate of drug-likeness (QED) is 0.715. The number of amides is 1. The summed E-state index contributed by atoms with van der Waals surface area (Å²) < 4.78 is 6.98. The lowest BCUT2D eigenvalue weighted by atomic mass is 9.94. The number of hydrogen-bond donors (Lipinski definition) is 0. The van der Waals surface area contributed by atoms with E-state index in [0.717, 1.165) is 25.1 Å². The standard InChI is InChI=1S/C16H23N5O2S/c1-2-20(13-7-4-3-5-8-13)15(22)12-24-16-17-18-19-21(16)11-14-9-6-10-23-14/h6,9-10,13H,2-5,7-8,11-12H2,1H3. The molecule has 7 nitrogen and oxygen atoms in total. The zero-order valence-corrected chi connectivity index (χ0v) is 14.7. The van der Waals surface area contributed by atoms with Gasteiger partial charge < -0.3 is 9.32 Å². The van der Waals surface area contributed by atoms with Gasteiger partial charge in [0.2, 0.25) is 11.1 Å². The van der Waals surface area contributed by atoms with E-state index in [1.54, 1.807) is 10.9 Å². The molecule has 0 unspecified atom stereocenters. The van der Waals surface area contributed by atoms with Crippen molar-refractivity contribution in [1.29, 1.82) is 0 Å². The van der Waals surface area contributed by atoms with Crippen LogP contribution in [0, 0.1) is 0 Å². The van der Waals surface area contributed by atoms with Crippen molar-refractivity contribution in [2.75, 3.05) is 12.3 Å². The van der Waals surface area contributed by atoms with E-state index >= 15 is 0 Å². The number of furan rings is 1. The molecule has 130 valence electrons. The van der Waals surface area contributed by atoms with Crippen LogP contribution in [-0.4, -0.2) is 49.4 Å². The van der Waals surface area contributed by atoms with Gasteiger partial charge in [0, 0.05) is 12.6 Å². The van der Waals surface area contributed by atoms with Crippen molar-refractivity contribution in [3.8, 4) is 0 Å². The van der Waals surface area contributed by atoms with Gasteiger partial charge in [-0.05, 0) is 42.3 Å². The van der Waals surface area contributed by atoms with Gasteiger partial charge in [-0.15, -0.1) is 5.10 Å². The molecule has 0 atom stereocenters. The maximum absolute atomic E-state index is 12.6. The Kier molecular flexibility index (Phi) is 5.90. The molecule has 0 radical (unpaired) electrons. The van der Waals surface area contributed by atoms with Crippen LogP contribution in [0.5, 0.6) is 0 Å². The summed E-state index contributed by atoms with van der Waals surface area (Å²) in [5.74, 6) is 1.32. The Labute approximate surface area is 145 Å². The molecule has 0 N–H and O–H groups in total. The molecule has 24 heavy (non-hydrogen) atoms. The third-order valence-corrected chi connectivity index (χ3v) is 5.33. The fraction of sp³-hybridized carbons (Fsp3) is 0.625. The number of thioether (sulfide) groups is 1. The van der Waals surface area contributed by atoms with Crippen LogP contribution < -0.4 is 0 Å². The summed E-state index contributed by atoms with van der Waals surface area (Å²) >= 11 is 1.39. The highest BCUT2D eigenvalue weighted by Gasteiger charge is 2.24. The lowest BCUT2D eigenvalue weighted by Gasteiger charge is -2.33. The number of tetrazole rings is 1. The van der Waals surface area contributed by atoms with Crippen molar-refractivity contribution < 1.29 is 9.21 Å². The Bertz CT molecular complexity index is 637. The fourth-order valence-electron chi connectivity index (χ4n) is 3.19. The van der Waals surface area contributed by atoms with Gasteiger partial charge in [0.05, 0.1) is 12.0 Å². The predicted octanol–water partition coefficient (Wildman–Crippen LogP) is 2.59. The summed E-state index contributed by atoms with van der Waals surface area (Å²) in [6.07, 6.45) is 7.62. The van der Waals surface area contributed by atoms with Crippen molar-refractivity contribution in [3.63, 3.8) is 0 Å². The summed E-state index contributed by atoms with van der Waals surface area (Å²) in [5, 5.41) is 12.3. The second-order valence-corrected chi connectivity index (χ2v) is 6.90. The number of aromatic nitrogens is 4. The highest BCUT2D eigenvalue weighted by atomic mass is 32.2. The lowest BCUT2D eigenvalue weighted by Crippen LogP contribution is -2.42. The van der Waals surface area contributed by atoms with Gasteiger partial charge in [0.1, 0.15) is 12.3 Å². The lowest BCUT2D eigenvalue weighted by molar-refractivity contribution is -0.131. The molecule has 2 heterocycles. The predicted molar refractivity (Wildman–Crippen MR) is 90.6 cm³/mol. The Morgan fingerprint density at radius 1 is 1.42 bits per heavy atom. The molecular formula is C16H23N5O2S. The smallest absolute Gasteiger partial charge is 0.233 e. The van der Waals surface area contributed by atoms with E-state index < -0.39 is 0 Å². The molecule has 1 aliphatic rings. The minimum absolute atomic E-state index is 0.168. The van der Waals surface area contributed by atoms with Gasteiger partial charge in [0.25, 0.3) is 0 Å². The van der Waals surface area contributed by atoms with Crippen molar-refractivity contribution in [3.05, 3.63) is 24.2 Å². The monoisotopic (exact) mass is 349 g/mol. The van der Waals surface area contributed by atoms with E-state index in [2.05, 4.69) is 22.4 Å². The third-order valence-electron chi connectivity index (χ3n) is 4.39. The van der Waals surface area contributed by atoms with Crippen LogP contribution in [0.25, 0.3) is 0 Å². The Morgan fingerprint density at radius 2 is 2.25 bits per heavy atom. The van der Waals surface area contributed by atoms with E-state index in [1.807, 2.05) is 17.0 Å². The highest BCUT2D eigenvalue weighted by molar-refractivity contribution is 7.99. The molecule has 0 aliphatic heterocycles. The number of hydrogen-bond acceptors (Lipinski definition) is 6. The average Bonchev–Trinajstić information content (AvgIpc) is 3.27. The maximum atomic E-state index is 12.6. The third kappa shape index (κ3) is 4.17. The molecule has 2 aromatic rings. The molecule has 1 fully saturated rings. The summed E-state index contributed by atoms with van der Waals surface area (Å²) in [7, 11) is 0. The van der Waals surface area contributed by atoms with Gasteiger partial charge in [-0.2, -0.15) is 0 Å². The molecule has 0 spiro atoms. The molecule has 8 heteroatoms.